The van der Waals surface area contributed by atoms with Crippen molar-refractivity contribution >= 4 is 22.8 Å². The van der Waals surface area contributed by atoms with Gasteiger partial charge in [0.15, 0.2) is 0 Å². The first-order chi connectivity index (χ1) is 9.31. The van der Waals surface area contributed by atoms with E-state index in [1.54, 1.807) is 26.1 Å². The normalized spacial score (nSPS) is 11.6. The minimum absolute atomic E-state index is 0.0603. The molecule has 0 unspecified atom stereocenters. The molecule has 0 aliphatic heterocycles. The Morgan fingerprint density at radius 1 is 1.40 bits per heavy atom. The van der Waals surface area contributed by atoms with E-state index in [1.165, 1.54) is 0 Å². The summed E-state index contributed by atoms with van der Waals surface area (Å²) < 4.78 is 0. The lowest BCUT2D eigenvalue weighted by Crippen LogP contribution is -2.39. The number of carbonyl (C=O) groups excluding carboxylic acids is 1. The van der Waals surface area contributed by atoms with E-state index in [2.05, 4.69) is 15.5 Å². The summed E-state index contributed by atoms with van der Waals surface area (Å²) in [6.07, 6.45) is 1.65. The number of hydrogen-bond acceptors (Lipinski definition) is 3. The van der Waals surface area contributed by atoms with Gasteiger partial charge in [-0.05, 0) is 38.5 Å². The van der Waals surface area contributed by atoms with Crippen LogP contribution in [0.2, 0.25) is 0 Å². The molecule has 1 amide bonds. The van der Waals surface area contributed by atoms with Crippen molar-refractivity contribution in [1.82, 2.24) is 15.5 Å². The van der Waals surface area contributed by atoms with Gasteiger partial charge in [-0.15, -0.1) is 0 Å². The van der Waals surface area contributed by atoms with Gasteiger partial charge in [0.25, 0.3) is 5.91 Å². The molecule has 0 saturated heterocycles. The van der Waals surface area contributed by atoms with Gasteiger partial charge in [0, 0.05) is 11.9 Å². The Bertz CT molecular complexity index is 673. The summed E-state index contributed by atoms with van der Waals surface area (Å²) in [6, 6.07) is 3.68. The van der Waals surface area contributed by atoms with E-state index in [-0.39, 0.29) is 12.5 Å². The third-order valence-corrected chi connectivity index (χ3v) is 3.21. The molecule has 6 heteroatoms. The molecule has 20 heavy (non-hydrogen) atoms. The highest BCUT2D eigenvalue weighted by Gasteiger charge is 2.28. The van der Waals surface area contributed by atoms with Crippen molar-refractivity contribution in [3.05, 3.63) is 29.5 Å². The van der Waals surface area contributed by atoms with Gasteiger partial charge in [-0.3, -0.25) is 14.7 Å². The maximum atomic E-state index is 12.2. The molecular formula is C14H17N3O3. The van der Waals surface area contributed by atoms with Crippen LogP contribution < -0.4 is 5.32 Å². The van der Waals surface area contributed by atoms with Gasteiger partial charge >= 0.3 is 5.97 Å². The Kier molecular flexibility index (Phi) is 3.48. The van der Waals surface area contributed by atoms with Gasteiger partial charge in [-0.25, -0.2) is 0 Å². The van der Waals surface area contributed by atoms with Gasteiger partial charge in [-0.1, -0.05) is 0 Å². The highest BCUT2D eigenvalue weighted by molar-refractivity contribution is 6.05. The van der Waals surface area contributed by atoms with Crippen molar-refractivity contribution < 1.29 is 14.7 Å². The number of hydrogen-bond donors (Lipinski definition) is 3. The molecule has 0 bridgehead atoms. The minimum atomic E-state index is -1.01. The van der Waals surface area contributed by atoms with Gasteiger partial charge in [0.2, 0.25) is 0 Å². The van der Waals surface area contributed by atoms with Crippen molar-refractivity contribution in [2.45, 2.75) is 20.8 Å². The third kappa shape index (κ3) is 2.64. The third-order valence-electron chi connectivity index (χ3n) is 3.21. The predicted molar refractivity (Wildman–Crippen MR) is 74.6 cm³/mol. The number of aryl methyl sites for hydroxylation is 1. The van der Waals surface area contributed by atoms with Crippen molar-refractivity contribution in [3.63, 3.8) is 0 Å². The first-order valence-electron chi connectivity index (χ1n) is 6.26. The van der Waals surface area contributed by atoms with E-state index in [9.17, 15) is 9.59 Å². The molecule has 0 radical (unpaired) electrons. The second-order valence-corrected chi connectivity index (χ2v) is 5.52. The first kappa shape index (κ1) is 14.0. The number of rotatable bonds is 4. The molecule has 2 rings (SSSR count). The molecule has 1 aromatic carbocycles. The largest absolute Gasteiger partial charge is 0.481 e. The number of benzene rings is 1. The van der Waals surface area contributed by atoms with Crippen LogP contribution in [0.5, 0.6) is 0 Å². The smallest absolute Gasteiger partial charge is 0.310 e. The summed E-state index contributed by atoms with van der Waals surface area (Å²) in [4.78, 5) is 23.3. The van der Waals surface area contributed by atoms with Crippen LogP contribution in [0.4, 0.5) is 0 Å². The summed E-state index contributed by atoms with van der Waals surface area (Å²) >= 11 is 0. The molecule has 0 aliphatic carbocycles. The molecule has 0 fully saturated rings. The van der Waals surface area contributed by atoms with E-state index < -0.39 is 11.4 Å². The highest BCUT2D eigenvalue weighted by atomic mass is 16.4. The zero-order valence-electron chi connectivity index (χ0n) is 11.7. The average molecular weight is 275 g/mol. The van der Waals surface area contributed by atoms with Gasteiger partial charge in [0.05, 0.1) is 22.7 Å². The zero-order chi connectivity index (χ0) is 14.9. The second kappa shape index (κ2) is 4.96. The van der Waals surface area contributed by atoms with Crippen LogP contribution in [0.1, 0.15) is 29.8 Å². The minimum Gasteiger partial charge on any atom is -0.481 e. The fraction of sp³-hybridized carbons (Fsp3) is 0.357. The number of fused-ring (bicyclic) bond motifs is 1. The monoisotopic (exact) mass is 275 g/mol. The molecule has 0 saturated carbocycles. The quantitative estimate of drug-likeness (QED) is 0.791. The summed E-state index contributed by atoms with van der Waals surface area (Å²) in [5, 5.41) is 19.3. The van der Waals surface area contributed by atoms with E-state index in [1.807, 2.05) is 13.0 Å². The van der Waals surface area contributed by atoms with Gasteiger partial charge < -0.3 is 10.4 Å². The fourth-order valence-corrected chi connectivity index (χ4v) is 1.86. The molecule has 106 valence electrons. The van der Waals surface area contributed by atoms with E-state index >= 15 is 0 Å². The predicted octanol–water partition coefficient (Wildman–Crippen LogP) is 1.71. The molecule has 2 aromatic rings. The van der Waals surface area contributed by atoms with Crippen LogP contribution >= 0.6 is 0 Å². The molecular weight excluding hydrogens is 258 g/mol. The van der Waals surface area contributed by atoms with Crippen LogP contribution in [0.25, 0.3) is 10.9 Å². The summed E-state index contributed by atoms with van der Waals surface area (Å²) in [6.45, 7) is 5.09. The van der Waals surface area contributed by atoms with Gasteiger partial charge in [-0.2, -0.15) is 5.10 Å². The Hall–Kier alpha value is -2.37. The number of nitrogens with zero attached hydrogens (tertiary/aromatic N) is 1. The lowest BCUT2D eigenvalue weighted by Gasteiger charge is -2.19. The molecule has 0 atom stereocenters. The Balaban J connectivity index is 2.24. The number of H-pyrrole nitrogens is 1. The Morgan fingerprint density at radius 2 is 2.10 bits per heavy atom. The van der Waals surface area contributed by atoms with Crippen molar-refractivity contribution in [1.29, 1.82) is 0 Å². The zero-order valence-corrected chi connectivity index (χ0v) is 11.7. The number of carboxylic acids is 1. The van der Waals surface area contributed by atoms with Crippen LogP contribution in [0, 0.1) is 12.3 Å². The fourth-order valence-electron chi connectivity index (χ4n) is 1.86. The maximum Gasteiger partial charge on any atom is 0.310 e. The highest BCUT2D eigenvalue weighted by Crippen LogP contribution is 2.19. The number of aliphatic carboxylic acids is 1. The van der Waals surface area contributed by atoms with Crippen LogP contribution in [0.3, 0.4) is 0 Å². The maximum absolute atomic E-state index is 12.2. The molecule has 6 nitrogen and oxygen atoms in total. The Labute approximate surface area is 116 Å². The molecule has 0 aliphatic rings. The van der Waals surface area contributed by atoms with E-state index in [0.29, 0.717) is 11.1 Å². The van der Waals surface area contributed by atoms with Crippen molar-refractivity contribution in [2.24, 2.45) is 5.41 Å². The topological polar surface area (TPSA) is 95.1 Å². The summed E-state index contributed by atoms with van der Waals surface area (Å²) in [7, 11) is 0. The number of carboxylic acid groups (broad SMARTS) is 1. The molecule has 1 aromatic heterocycles. The number of nitrogens with one attached hydrogen (secondary N) is 2. The number of amides is 1. The number of aromatic nitrogens is 2. The van der Waals surface area contributed by atoms with E-state index in [4.69, 9.17) is 5.11 Å². The molecule has 0 spiro atoms. The standard InChI is InChI=1S/C14H17N3O3/c1-8-4-9-6-16-17-11(9)10(5-8)12(18)15-7-14(2,3)13(19)20/h4-6H,7H2,1-3H3,(H,15,18)(H,16,17)(H,19,20). The second-order valence-electron chi connectivity index (χ2n) is 5.52. The van der Waals surface area contributed by atoms with Crippen molar-refractivity contribution in [2.75, 3.05) is 6.54 Å². The molecule has 1 heterocycles. The van der Waals surface area contributed by atoms with Crippen LogP contribution in [-0.2, 0) is 4.79 Å². The van der Waals surface area contributed by atoms with Crippen LogP contribution in [0.15, 0.2) is 18.3 Å². The SMILES string of the molecule is Cc1cc(C(=O)NCC(C)(C)C(=O)O)c2[nH]ncc2c1. The lowest BCUT2D eigenvalue weighted by atomic mass is 9.94. The Morgan fingerprint density at radius 3 is 2.75 bits per heavy atom. The van der Waals surface area contributed by atoms with E-state index in [0.717, 1.165) is 10.9 Å². The molecule has 3 N–H and O–H groups in total. The first-order valence-corrected chi connectivity index (χ1v) is 6.26. The van der Waals surface area contributed by atoms with Gasteiger partial charge in [0.1, 0.15) is 0 Å². The average Bonchev–Trinajstić information content (AvgIpc) is 2.82. The van der Waals surface area contributed by atoms with Crippen molar-refractivity contribution in [3.8, 4) is 0 Å². The number of aromatic amines is 1. The summed E-state index contributed by atoms with van der Waals surface area (Å²) in [5.74, 6) is -1.26. The summed E-state index contributed by atoms with van der Waals surface area (Å²) in [5.41, 5.74) is 1.06. The number of carbonyl (C=O) groups is 2. The lowest BCUT2D eigenvalue weighted by molar-refractivity contribution is -0.146. The van der Waals surface area contributed by atoms with Crippen LogP contribution in [-0.4, -0.2) is 33.7 Å².